The summed E-state index contributed by atoms with van der Waals surface area (Å²) in [6, 6.07) is 9.76. The number of aromatic nitrogens is 3. The summed E-state index contributed by atoms with van der Waals surface area (Å²) in [6.45, 7) is 6.09. The van der Waals surface area contributed by atoms with Crippen molar-refractivity contribution in [3.63, 3.8) is 0 Å². The summed E-state index contributed by atoms with van der Waals surface area (Å²) in [5, 5.41) is 18.3. The third-order valence-electron chi connectivity index (χ3n) is 4.12. The number of halogens is 3. The minimum Gasteiger partial charge on any atom is -0.494 e. The van der Waals surface area contributed by atoms with Gasteiger partial charge in [0.15, 0.2) is 5.65 Å². The molecule has 1 aromatic carbocycles. The Morgan fingerprint density at radius 3 is 2.47 bits per heavy atom. The van der Waals surface area contributed by atoms with Gasteiger partial charge in [-0.2, -0.15) is 22.8 Å². The van der Waals surface area contributed by atoms with Crippen molar-refractivity contribution in [1.82, 2.24) is 14.6 Å². The number of nitrogens with zero attached hydrogens (tertiary/aromatic N) is 3. The number of carbonyl (C=O) groups is 1. The quantitative estimate of drug-likeness (QED) is 0.381. The largest absolute Gasteiger partial charge is 0.494 e. The van der Waals surface area contributed by atoms with E-state index in [1.165, 1.54) is 0 Å². The Bertz CT molecular complexity index is 1020. The lowest BCUT2D eigenvalue weighted by molar-refractivity contribution is -0.192. The van der Waals surface area contributed by atoms with E-state index in [2.05, 4.69) is 20.7 Å². The van der Waals surface area contributed by atoms with Crippen molar-refractivity contribution in [2.45, 2.75) is 26.4 Å². The summed E-state index contributed by atoms with van der Waals surface area (Å²) in [7, 11) is 0. The van der Waals surface area contributed by atoms with Crippen LogP contribution in [0, 0.1) is 6.92 Å². The van der Waals surface area contributed by atoms with Gasteiger partial charge in [0, 0.05) is 23.9 Å². The molecule has 3 rings (SSSR count). The van der Waals surface area contributed by atoms with Crippen LogP contribution in [0.3, 0.4) is 0 Å². The van der Waals surface area contributed by atoms with Gasteiger partial charge >= 0.3 is 12.1 Å². The van der Waals surface area contributed by atoms with Gasteiger partial charge in [0.05, 0.1) is 12.8 Å². The molecule has 0 spiro atoms. The number of hydrogen-bond donors (Lipinski definition) is 4. The average molecular weight is 454 g/mol. The molecule has 32 heavy (non-hydrogen) atoms. The Kier molecular flexibility index (Phi) is 8.64. The summed E-state index contributed by atoms with van der Waals surface area (Å²) < 4.78 is 39.0. The molecule has 5 N–H and O–H groups in total. The summed E-state index contributed by atoms with van der Waals surface area (Å²) in [6.07, 6.45) is -2.44. The van der Waals surface area contributed by atoms with Crippen molar-refractivity contribution < 1.29 is 27.8 Å². The van der Waals surface area contributed by atoms with E-state index >= 15 is 0 Å². The van der Waals surface area contributed by atoms with Crippen molar-refractivity contribution in [3.8, 4) is 5.75 Å². The highest BCUT2D eigenvalue weighted by molar-refractivity contribution is 5.73. The molecule has 0 aliphatic heterocycles. The highest BCUT2D eigenvalue weighted by Gasteiger charge is 2.38. The van der Waals surface area contributed by atoms with E-state index < -0.39 is 12.1 Å². The third kappa shape index (κ3) is 6.74. The number of aliphatic carboxylic acids is 1. The first-order valence-electron chi connectivity index (χ1n) is 9.75. The van der Waals surface area contributed by atoms with Gasteiger partial charge in [0.1, 0.15) is 17.4 Å². The van der Waals surface area contributed by atoms with Gasteiger partial charge in [-0.3, -0.25) is 0 Å². The molecular formula is C20H25F3N6O3. The van der Waals surface area contributed by atoms with Gasteiger partial charge in [-0.25, -0.2) is 9.78 Å². The highest BCUT2D eigenvalue weighted by Crippen LogP contribution is 2.27. The lowest BCUT2D eigenvalue weighted by Crippen LogP contribution is -2.21. The van der Waals surface area contributed by atoms with E-state index in [-0.39, 0.29) is 0 Å². The monoisotopic (exact) mass is 454 g/mol. The third-order valence-corrected chi connectivity index (χ3v) is 4.12. The van der Waals surface area contributed by atoms with Crippen LogP contribution in [0.2, 0.25) is 0 Å². The second-order valence-corrected chi connectivity index (χ2v) is 6.49. The molecule has 174 valence electrons. The smallest absolute Gasteiger partial charge is 0.490 e. The number of carboxylic acid groups (broad SMARTS) is 1. The molecule has 0 aliphatic carbocycles. The van der Waals surface area contributed by atoms with Crippen molar-refractivity contribution in [2.75, 3.05) is 30.3 Å². The normalized spacial score (nSPS) is 10.9. The number of alkyl halides is 3. The summed E-state index contributed by atoms with van der Waals surface area (Å²) in [5.74, 6) is -0.176. The number of anilines is 3. The van der Waals surface area contributed by atoms with Gasteiger partial charge in [0.2, 0.25) is 0 Å². The molecule has 0 fully saturated rings. The number of nitrogens with one attached hydrogen (secondary N) is 2. The molecule has 0 atom stereocenters. The maximum Gasteiger partial charge on any atom is 0.490 e. The number of carboxylic acids is 1. The second-order valence-electron chi connectivity index (χ2n) is 6.49. The molecule has 2 heterocycles. The fraction of sp³-hybridized carbons (Fsp3) is 0.350. The first kappa shape index (κ1) is 24.7. The molecule has 0 aliphatic rings. The van der Waals surface area contributed by atoms with Gasteiger partial charge in [-0.1, -0.05) is 0 Å². The van der Waals surface area contributed by atoms with Crippen LogP contribution in [0.5, 0.6) is 5.75 Å². The van der Waals surface area contributed by atoms with Gasteiger partial charge < -0.3 is 26.2 Å². The molecule has 0 bridgehead atoms. The van der Waals surface area contributed by atoms with E-state index in [4.69, 9.17) is 20.4 Å². The van der Waals surface area contributed by atoms with Crippen molar-refractivity contribution in [1.29, 1.82) is 0 Å². The number of rotatable bonds is 8. The fourth-order valence-electron chi connectivity index (χ4n) is 2.59. The van der Waals surface area contributed by atoms with E-state index in [9.17, 15) is 13.2 Å². The zero-order valence-electron chi connectivity index (χ0n) is 17.6. The SMILES string of the molecule is CCOc1ccc(Nc2c(C)c(NCCCN)nc3ccnn23)cc1.O=C(O)C(F)(F)F. The maximum absolute atomic E-state index is 10.6. The molecule has 12 heteroatoms. The zero-order valence-corrected chi connectivity index (χ0v) is 17.6. The van der Waals surface area contributed by atoms with Crippen molar-refractivity contribution >= 4 is 28.9 Å². The summed E-state index contributed by atoms with van der Waals surface area (Å²) in [5.41, 5.74) is 8.32. The lowest BCUT2D eigenvalue weighted by atomic mass is 10.2. The summed E-state index contributed by atoms with van der Waals surface area (Å²) >= 11 is 0. The molecule has 0 unspecified atom stereocenters. The van der Waals surface area contributed by atoms with Crippen LogP contribution in [0.4, 0.5) is 30.5 Å². The minimum absolute atomic E-state index is 0.651. The van der Waals surface area contributed by atoms with Crippen LogP contribution in [-0.2, 0) is 4.79 Å². The fourth-order valence-corrected chi connectivity index (χ4v) is 2.59. The topological polar surface area (TPSA) is 127 Å². The highest BCUT2D eigenvalue weighted by atomic mass is 19.4. The van der Waals surface area contributed by atoms with Crippen LogP contribution in [0.25, 0.3) is 5.65 Å². The summed E-state index contributed by atoms with van der Waals surface area (Å²) in [4.78, 5) is 13.5. The van der Waals surface area contributed by atoms with Gasteiger partial charge in [0.25, 0.3) is 0 Å². The lowest BCUT2D eigenvalue weighted by Gasteiger charge is -2.16. The van der Waals surface area contributed by atoms with Crippen molar-refractivity contribution in [2.24, 2.45) is 5.73 Å². The Morgan fingerprint density at radius 2 is 1.91 bits per heavy atom. The standard InChI is InChI=1S/C18H24N6O.C2HF3O2/c1-3-25-15-7-5-14(6-8-15)22-18-13(2)17(20-11-4-10-19)23-16-9-12-21-24(16)18;3-2(4,5)1(6)7/h5-9,12,22H,3-4,10-11,19H2,1-2H3,(H,20,23);(H,6,7). The van der Waals surface area contributed by atoms with Crippen molar-refractivity contribution in [3.05, 3.63) is 42.1 Å². The average Bonchev–Trinajstić information content (AvgIpc) is 3.20. The van der Waals surface area contributed by atoms with Crippen LogP contribution in [0.15, 0.2) is 36.5 Å². The minimum atomic E-state index is -5.08. The molecule has 0 saturated heterocycles. The molecule has 0 amide bonds. The Hall–Kier alpha value is -3.54. The molecule has 0 saturated carbocycles. The van der Waals surface area contributed by atoms with Gasteiger partial charge in [-0.15, -0.1) is 0 Å². The predicted octanol–water partition coefficient (Wildman–Crippen LogP) is 3.57. The van der Waals surface area contributed by atoms with Crippen LogP contribution < -0.4 is 21.1 Å². The molecule has 3 aromatic rings. The predicted molar refractivity (Wildman–Crippen MR) is 114 cm³/mol. The van der Waals surface area contributed by atoms with Crippen LogP contribution in [0.1, 0.15) is 18.9 Å². The number of hydrogen-bond acceptors (Lipinski definition) is 7. The molecule has 2 aromatic heterocycles. The molecule has 9 nitrogen and oxygen atoms in total. The van der Waals surface area contributed by atoms with E-state index in [1.807, 2.05) is 44.2 Å². The first-order valence-corrected chi connectivity index (χ1v) is 9.75. The van der Waals surface area contributed by atoms with E-state index in [1.54, 1.807) is 10.7 Å². The van der Waals surface area contributed by atoms with Gasteiger partial charge in [-0.05, 0) is 51.1 Å². The number of benzene rings is 1. The van der Waals surface area contributed by atoms with E-state index in [0.29, 0.717) is 13.2 Å². The zero-order chi connectivity index (χ0) is 23.7. The second kappa shape index (κ2) is 11.2. The molecule has 0 radical (unpaired) electrons. The Balaban J connectivity index is 0.000000451. The number of ether oxygens (including phenoxy) is 1. The Morgan fingerprint density at radius 1 is 1.25 bits per heavy atom. The van der Waals surface area contributed by atoms with E-state index in [0.717, 1.165) is 47.2 Å². The molecular weight excluding hydrogens is 429 g/mol. The van der Waals surface area contributed by atoms with Crippen LogP contribution >= 0.6 is 0 Å². The number of nitrogens with two attached hydrogens (primary N) is 1. The maximum atomic E-state index is 10.6. The van der Waals surface area contributed by atoms with Crippen LogP contribution in [-0.4, -0.2) is 51.5 Å². The first-order chi connectivity index (χ1) is 15.2. The Labute approximate surface area is 182 Å². The number of fused-ring (bicyclic) bond motifs is 1.